The summed E-state index contributed by atoms with van der Waals surface area (Å²) in [5, 5.41) is 0. The fourth-order valence-electron chi connectivity index (χ4n) is 1.14. The molecule has 0 fully saturated rings. The molecule has 5 nitrogen and oxygen atoms in total. The van der Waals surface area contributed by atoms with Gasteiger partial charge < -0.3 is 18.9 Å². The highest BCUT2D eigenvalue weighted by Crippen LogP contribution is 1.97. The first kappa shape index (κ1) is 17.7. The quantitative estimate of drug-likeness (QED) is 0.313. The Bertz CT molecular complexity index is 189. The van der Waals surface area contributed by atoms with Gasteiger partial charge in [-0.1, -0.05) is 0 Å². The fourth-order valence-corrected chi connectivity index (χ4v) is 1.36. The summed E-state index contributed by atoms with van der Waals surface area (Å²) in [7, 11) is 1.62. The molecule has 0 saturated heterocycles. The Morgan fingerprint density at radius 2 is 1.67 bits per heavy atom. The van der Waals surface area contributed by atoms with Gasteiger partial charge >= 0.3 is 5.97 Å². The molecule has 0 radical (unpaired) electrons. The maximum absolute atomic E-state index is 11.2. The van der Waals surface area contributed by atoms with E-state index in [2.05, 4.69) is 12.6 Å². The summed E-state index contributed by atoms with van der Waals surface area (Å²) in [5.74, 6) is 0.554. The van der Waals surface area contributed by atoms with Crippen molar-refractivity contribution in [2.24, 2.45) is 0 Å². The second kappa shape index (κ2) is 14.8. The lowest BCUT2D eigenvalue weighted by atomic mass is 10.3. The molecule has 0 atom stereocenters. The van der Waals surface area contributed by atoms with Crippen LogP contribution >= 0.6 is 12.6 Å². The number of ether oxygens (including phenoxy) is 4. The number of carbonyl (C=O) groups is 1. The van der Waals surface area contributed by atoms with Gasteiger partial charge in [0.25, 0.3) is 0 Å². The van der Waals surface area contributed by atoms with Crippen molar-refractivity contribution in [2.75, 3.05) is 52.5 Å². The van der Waals surface area contributed by atoms with E-state index in [0.29, 0.717) is 33.0 Å². The van der Waals surface area contributed by atoms with E-state index < -0.39 is 0 Å². The Morgan fingerprint density at radius 1 is 0.944 bits per heavy atom. The summed E-state index contributed by atoms with van der Waals surface area (Å²) >= 11 is 4.10. The zero-order valence-corrected chi connectivity index (χ0v) is 12.0. The van der Waals surface area contributed by atoms with E-state index in [9.17, 15) is 4.79 Å². The Labute approximate surface area is 115 Å². The molecular formula is C12H24O5S. The van der Waals surface area contributed by atoms with Crippen LogP contribution in [0.5, 0.6) is 0 Å². The molecule has 0 aromatic rings. The van der Waals surface area contributed by atoms with Gasteiger partial charge in [-0.2, -0.15) is 12.6 Å². The van der Waals surface area contributed by atoms with Gasteiger partial charge in [0.05, 0.1) is 33.0 Å². The van der Waals surface area contributed by atoms with Crippen molar-refractivity contribution in [3.05, 3.63) is 0 Å². The molecule has 0 saturated carbocycles. The first-order chi connectivity index (χ1) is 8.81. The van der Waals surface area contributed by atoms with Gasteiger partial charge in [-0.3, -0.25) is 0 Å². The zero-order valence-electron chi connectivity index (χ0n) is 11.1. The van der Waals surface area contributed by atoms with Crippen molar-refractivity contribution in [1.29, 1.82) is 0 Å². The van der Waals surface area contributed by atoms with E-state index in [1.807, 2.05) is 0 Å². The maximum Gasteiger partial charge on any atom is 0.332 e. The third-order valence-corrected chi connectivity index (χ3v) is 2.41. The maximum atomic E-state index is 11.2. The average molecular weight is 280 g/mol. The van der Waals surface area contributed by atoms with Crippen LogP contribution in [0.1, 0.15) is 19.3 Å². The van der Waals surface area contributed by atoms with Gasteiger partial charge in [0.15, 0.2) is 0 Å². The van der Waals surface area contributed by atoms with Crippen LogP contribution in [0, 0.1) is 0 Å². The highest BCUT2D eigenvalue weighted by molar-refractivity contribution is 7.80. The molecule has 0 aliphatic carbocycles. The molecule has 0 aliphatic heterocycles. The third-order valence-electron chi connectivity index (χ3n) is 2.09. The van der Waals surface area contributed by atoms with Gasteiger partial charge in [-0.15, -0.1) is 0 Å². The first-order valence-electron chi connectivity index (χ1n) is 6.22. The average Bonchev–Trinajstić information content (AvgIpc) is 2.37. The lowest BCUT2D eigenvalue weighted by Crippen LogP contribution is -2.16. The monoisotopic (exact) mass is 280 g/mol. The van der Waals surface area contributed by atoms with Gasteiger partial charge in [-0.25, -0.2) is 4.79 Å². The predicted octanol–water partition coefficient (Wildman–Crippen LogP) is 1.31. The Morgan fingerprint density at radius 3 is 2.39 bits per heavy atom. The Kier molecular flexibility index (Phi) is 14.5. The molecule has 0 spiro atoms. The molecule has 0 aromatic heterocycles. The predicted molar refractivity (Wildman–Crippen MR) is 72.2 cm³/mol. The Balaban J connectivity index is 3.12. The molecule has 0 N–H and O–H groups in total. The molecule has 0 amide bonds. The summed E-state index contributed by atoms with van der Waals surface area (Å²) in [5.41, 5.74) is 0. The van der Waals surface area contributed by atoms with Crippen molar-refractivity contribution in [2.45, 2.75) is 19.3 Å². The van der Waals surface area contributed by atoms with Crippen molar-refractivity contribution in [3.63, 3.8) is 0 Å². The third kappa shape index (κ3) is 13.8. The van der Waals surface area contributed by atoms with E-state index >= 15 is 0 Å². The van der Waals surface area contributed by atoms with E-state index in [1.54, 1.807) is 7.11 Å². The van der Waals surface area contributed by atoms with Crippen LogP contribution in [0.4, 0.5) is 0 Å². The first-order valence-corrected chi connectivity index (χ1v) is 6.85. The number of hydrogen-bond acceptors (Lipinski definition) is 6. The van der Waals surface area contributed by atoms with Crippen LogP contribution in [0.3, 0.4) is 0 Å². The summed E-state index contributed by atoms with van der Waals surface area (Å²) in [6.45, 7) is 2.39. The van der Waals surface area contributed by atoms with E-state index in [0.717, 1.165) is 25.0 Å². The van der Waals surface area contributed by atoms with Crippen LogP contribution in [0.15, 0.2) is 0 Å². The van der Waals surface area contributed by atoms with Gasteiger partial charge in [-0.05, 0) is 25.0 Å². The minimum Gasteiger partial charge on any atom is -0.464 e. The molecule has 0 bridgehead atoms. The van der Waals surface area contributed by atoms with Crippen LogP contribution in [0.2, 0.25) is 0 Å². The molecule has 18 heavy (non-hydrogen) atoms. The summed E-state index contributed by atoms with van der Waals surface area (Å²) in [4.78, 5) is 11.2. The van der Waals surface area contributed by atoms with Crippen LogP contribution in [-0.2, 0) is 23.7 Å². The normalized spacial score (nSPS) is 10.6. The molecule has 0 aliphatic rings. The molecule has 6 heteroatoms. The summed E-state index contributed by atoms with van der Waals surface area (Å²) < 4.78 is 20.1. The number of hydrogen-bond donors (Lipinski definition) is 1. The van der Waals surface area contributed by atoms with Crippen molar-refractivity contribution < 1.29 is 23.7 Å². The van der Waals surface area contributed by atoms with Gasteiger partial charge in [0.2, 0.25) is 0 Å². The molecule has 0 heterocycles. The summed E-state index contributed by atoms with van der Waals surface area (Å²) in [6, 6.07) is 0. The number of unbranched alkanes of at least 4 members (excludes halogenated alkanes) is 2. The van der Waals surface area contributed by atoms with Crippen LogP contribution in [-0.4, -0.2) is 58.5 Å². The molecule has 0 rings (SSSR count). The number of esters is 1. The lowest BCUT2D eigenvalue weighted by molar-refractivity contribution is -0.149. The van der Waals surface area contributed by atoms with Gasteiger partial charge in [0, 0.05) is 7.11 Å². The van der Waals surface area contributed by atoms with E-state index in [4.69, 9.17) is 18.9 Å². The van der Waals surface area contributed by atoms with E-state index in [-0.39, 0.29) is 12.6 Å². The largest absolute Gasteiger partial charge is 0.464 e. The number of methoxy groups -OCH3 is 1. The summed E-state index contributed by atoms with van der Waals surface area (Å²) in [6.07, 6.45) is 2.97. The topological polar surface area (TPSA) is 54.0 Å². The van der Waals surface area contributed by atoms with Crippen molar-refractivity contribution >= 4 is 18.6 Å². The highest BCUT2D eigenvalue weighted by Gasteiger charge is 2.02. The highest BCUT2D eigenvalue weighted by atomic mass is 32.1. The molecule has 108 valence electrons. The van der Waals surface area contributed by atoms with Gasteiger partial charge in [0.1, 0.15) is 6.61 Å². The Hall–Kier alpha value is -0.300. The second-order valence-electron chi connectivity index (χ2n) is 3.66. The van der Waals surface area contributed by atoms with Crippen molar-refractivity contribution in [1.82, 2.24) is 0 Å². The zero-order chi connectivity index (χ0) is 13.5. The molecular weight excluding hydrogens is 256 g/mol. The molecule has 0 unspecified atom stereocenters. The number of thiol groups is 1. The minimum absolute atomic E-state index is 0.0137. The smallest absolute Gasteiger partial charge is 0.332 e. The number of rotatable bonds is 13. The van der Waals surface area contributed by atoms with E-state index in [1.165, 1.54) is 0 Å². The number of carbonyl (C=O) groups excluding carboxylic acids is 1. The minimum atomic E-state index is -0.322. The van der Waals surface area contributed by atoms with Crippen molar-refractivity contribution in [3.8, 4) is 0 Å². The SMILES string of the molecule is COCCOCCOCC(=O)OCCCCCS. The molecule has 0 aromatic carbocycles. The fraction of sp³-hybridized carbons (Fsp3) is 0.917. The standard InChI is InChI=1S/C12H24O5S/c1-14-6-7-15-8-9-16-11-12(13)17-5-3-2-4-10-18/h18H,2-11H2,1H3. The van der Waals surface area contributed by atoms with Crippen LogP contribution < -0.4 is 0 Å². The lowest BCUT2D eigenvalue weighted by Gasteiger charge is -2.06. The second-order valence-corrected chi connectivity index (χ2v) is 4.11. The van der Waals surface area contributed by atoms with Crippen LogP contribution in [0.25, 0.3) is 0 Å².